The van der Waals surface area contributed by atoms with Gasteiger partial charge in [0.05, 0.1) is 11.8 Å². The Morgan fingerprint density at radius 3 is 1.93 bits per heavy atom. The van der Waals surface area contributed by atoms with Crippen LogP contribution in [0.4, 0.5) is 43.9 Å². The Bertz CT molecular complexity index is 1200. The highest BCUT2D eigenvalue weighted by atomic mass is 19.4. The fourth-order valence-corrected chi connectivity index (χ4v) is 3.66. The van der Waals surface area contributed by atoms with E-state index < -0.39 is 58.7 Å². The van der Waals surface area contributed by atoms with Crippen LogP contribution in [0, 0.1) is 23.5 Å². The first-order chi connectivity index (χ1) is 20.1. The zero-order valence-corrected chi connectivity index (χ0v) is 25.7. The van der Waals surface area contributed by atoms with E-state index in [0.717, 1.165) is 30.9 Å². The van der Waals surface area contributed by atoms with E-state index in [1.165, 1.54) is 0 Å². The van der Waals surface area contributed by atoms with Crippen LogP contribution in [0.15, 0.2) is 90.5 Å². The summed E-state index contributed by atoms with van der Waals surface area (Å²) in [5.41, 5.74) is -3.05. The lowest BCUT2D eigenvalue weighted by molar-refractivity contribution is -0.253. The average molecular weight is 643 g/mol. The molecule has 0 bridgehead atoms. The van der Waals surface area contributed by atoms with Gasteiger partial charge in [-0.15, -0.1) is 0 Å². The maximum Gasteiger partial charge on any atom is 0.407 e. The van der Waals surface area contributed by atoms with E-state index in [-0.39, 0.29) is 23.9 Å². The Morgan fingerprint density at radius 1 is 0.955 bits per heavy atom. The molecule has 1 aromatic carbocycles. The maximum atomic E-state index is 14.6. The van der Waals surface area contributed by atoms with Gasteiger partial charge in [0, 0.05) is 17.7 Å². The molecular formula is C33H40F10O. The van der Waals surface area contributed by atoms with Crippen LogP contribution in [0.2, 0.25) is 0 Å². The Kier molecular flexibility index (Phi) is 16.6. The molecule has 0 heterocycles. The van der Waals surface area contributed by atoms with Crippen LogP contribution in [0.25, 0.3) is 0 Å². The maximum absolute atomic E-state index is 14.6. The number of hydrogen-bond donors (Lipinski definition) is 0. The van der Waals surface area contributed by atoms with Crippen LogP contribution >= 0.6 is 0 Å². The van der Waals surface area contributed by atoms with Crippen molar-refractivity contribution < 1.29 is 48.6 Å². The molecule has 0 saturated carbocycles. The van der Waals surface area contributed by atoms with Gasteiger partial charge in [0.2, 0.25) is 0 Å². The number of rotatable bonds is 14. The summed E-state index contributed by atoms with van der Waals surface area (Å²) in [5, 5.41) is 0. The van der Waals surface area contributed by atoms with Gasteiger partial charge in [-0.25, -0.2) is 22.0 Å². The average Bonchev–Trinajstić information content (AvgIpc) is 2.84. The zero-order valence-electron chi connectivity index (χ0n) is 25.7. The second-order valence-electron chi connectivity index (χ2n) is 10.9. The molecule has 0 aliphatic heterocycles. The lowest BCUT2D eigenvalue weighted by Gasteiger charge is -2.34. The molecule has 1 rings (SSSR count). The molecule has 1 atom stereocenters. The quantitative estimate of drug-likeness (QED) is 0.111. The van der Waals surface area contributed by atoms with Crippen LogP contribution in [0.3, 0.4) is 0 Å². The molecule has 0 aliphatic carbocycles. The molecule has 0 fully saturated rings. The van der Waals surface area contributed by atoms with E-state index in [4.69, 9.17) is 0 Å². The van der Waals surface area contributed by atoms with E-state index in [1.54, 1.807) is 18.2 Å². The highest BCUT2D eigenvalue weighted by molar-refractivity contribution is 5.31. The highest BCUT2D eigenvalue weighted by Crippen LogP contribution is 2.44. The van der Waals surface area contributed by atoms with Crippen LogP contribution in [-0.2, 0) is 10.2 Å². The highest BCUT2D eigenvalue weighted by Gasteiger charge is 2.53. The lowest BCUT2D eigenvalue weighted by atomic mass is 9.82. The SMILES string of the molecule is C=C(F)/C=C(\C=C(\F)CC(F)(F)F)OC(F)(F)C(C)(C)c1c(F)cccc1F.C=C/C=C(\C(F)=C/CCC(C)CC)C(C)C. The summed E-state index contributed by atoms with van der Waals surface area (Å²) >= 11 is 0. The molecule has 0 spiro atoms. The first-order valence-corrected chi connectivity index (χ1v) is 13.8. The number of hydrogen-bond acceptors (Lipinski definition) is 1. The van der Waals surface area contributed by atoms with Crippen LogP contribution in [0.5, 0.6) is 0 Å². The predicted octanol–water partition coefficient (Wildman–Crippen LogP) is 12.5. The third kappa shape index (κ3) is 14.0. The second-order valence-corrected chi connectivity index (χ2v) is 10.9. The van der Waals surface area contributed by atoms with E-state index >= 15 is 0 Å². The summed E-state index contributed by atoms with van der Waals surface area (Å²) in [6.45, 7) is 16.1. The molecule has 0 amide bonds. The molecule has 1 aromatic rings. The topological polar surface area (TPSA) is 9.23 Å². The van der Waals surface area contributed by atoms with Gasteiger partial charge in [-0.2, -0.15) is 22.0 Å². The van der Waals surface area contributed by atoms with Crippen molar-refractivity contribution in [3.63, 3.8) is 0 Å². The number of ether oxygens (including phenoxy) is 1. The minimum Gasteiger partial charge on any atom is -0.432 e. The first kappa shape index (κ1) is 40.8. The van der Waals surface area contributed by atoms with Crippen LogP contribution in [-0.4, -0.2) is 12.3 Å². The monoisotopic (exact) mass is 642 g/mol. The minimum atomic E-state index is -5.00. The third-order valence-corrected chi connectivity index (χ3v) is 6.40. The van der Waals surface area contributed by atoms with Gasteiger partial charge < -0.3 is 4.74 Å². The van der Waals surface area contributed by atoms with Crippen LogP contribution < -0.4 is 0 Å². The van der Waals surface area contributed by atoms with E-state index in [9.17, 15) is 43.9 Å². The fourth-order valence-electron chi connectivity index (χ4n) is 3.66. The molecular weight excluding hydrogens is 602 g/mol. The molecule has 0 N–H and O–H groups in total. The number of alkyl halides is 5. The smallest absolute Gasteiger partial charge is 0.407 e. The van der Waals surface area contributed by atoms with Crippen LogP contribution in [0.1, 0.15) is 72.8 Å². The van der Waals surface area contributed by atoms with Crippen molar-refractivity contribution in [3.05, 3.63) is 108 Å². The number of allylic oxidation sites excluding steroid dienone is 9. The van der Waals surface area contributed by atoms with Gasteiger partial charge >= 0.3 is 12.3 Å². The van der Waals surface area contributed by atoms with E-state index in [1.807, 2.05) is 13.8 Å². The van der Waals surface area contributed by atoms with Crippen molar-refractivity contribution in [3.8, 4) is 0 Å². The van der Waals surface area contributed by atoms with Gasteiger partial charge in [-0.05, 0) is 62.3 Å². The number of benzene rings is 1. The molecule has 1 nitrogen and oxygen atoms in total. The summed E-state index contributed by atoms with van der Waals surface area (Å²) in [7, 11) is 0. The van der Waals surface area contributed by atoms with Gasteiger partial charge in [0.25, 0.3) is 0 Å². The summed E-state index contributed by atoms with van der Waals surface area (Å²) in [6.07, 6.45) is -3.46. The molecule has 248 valence electrons. The molecule has 0 saturated heterocycles. The minimum absolute atomic E-state index is 0.0850. The van der Waals surface area contributed by atoms with Gasteiger partial charge in [-0.3, -0.25) is 0 Å². The summed E-state index contributed by atoms with van der Waals surface area (Å²) in [4.78, 5) is 0. The van der Waals surface area contributed by atoms with E-state index in [0.29, 0.717) is 31.9 Å². The van der Waals surface area contributed by atoms with E-state index in [2.05, 4.69) is 31.7 Å². The molecule has 0 radical (unpaired) electrons. The largest absolute Gasteiger partial charge is 0.432 e. The molecule has 11 heteroatoms. The summed E-state index contributed by atoms with van der Waals surface area (Å²) < 4.78 is 138. The van der Waals surface area contributed by atoms with Gasteiger partial charge in [-0.1, -0.05) is 65.5 Å². The second kappa shape index (κ2) is 17.9. The van der Waals surface area contributed by atoms with Gasteiger partial charge in [0.15, 0.2) is 0 Å². The Hall–Kier alpha value is -3.24. The first-order valence-electron chi connectivity index (χ1n) is 13.8. The third-order valence-electron chi connectivity index (χ3n) is 6.40. The van der Waals surface area contributed by atoms with Crippen molar-refractivity contribution in [1.29, 1.82) is 0 Å². The Balaban J connectivity index is 0.000000983. The van der Waals surface area contributed by atoms with Crippen molar-refractivity contribution in [1.82, 2.24) is 0 Å². The summed E-state index contributed by atoms with van der Waals surface area (Å²) in [6, 6.07) is 2.34. The standard InChI is InChI=1S/C18H15F9O.C15H25F/c1-10(19)7-12(8-11(20)9-17(23,24)25)28-18(26,27)16(2,3)15-13(21)5-4-6-14(15)22;1-6-9-14(12(3)4)15(16)11-8-10-13(5)7-2/h4-8H,1,9H2,2-3H3;6,9,11-13H,1,7-8,10H2,2-5H3/b11-8+,12-7+;14-9-,15-11+. The lowest BCUT2D eigenvalue weighted by Crippen LogP contribution is -2.43. The molecule has 44 heavy (non-hydrogen) atoms. The van der Waals surface area contributed by atoms with Crippen molar-refractivity contribution >= 4 is 0 Å². The zero-order chi connectivity index (χ0) is 34.5. The number of halogens is 10. The molecule has 1 unspecified atom stereocenters. The molecule has 0 aromatic heterocycles. The Morgan fingerprint density at radius 2 is 1.50 bits per heavy atom. The van der Waals surface area contributed by atoms with Crippen molar-refractivity contribution in [2.24, 2.45) is 11.8 Å². The normalized spacial score (nSPS) is 14.7. The summed E-state index contributed by atoms with van der Waals surface area (Å²) in [5.74, 6) is -6.63. The van der Waals surface area contributed by atoms with Crippen molar-refractivity contribution in [2.45, 2.75) is 84.9 Å². The van der Waals surface area contributed by atoms with Gasteiger partial charge in [0.1, 0.15) is 34.9 Å². The fraction of sp³-hybridized carbons (Fsp3) is 0.455. The van der Waals surface area contributed by atoms with Crippen molar-refractivity contribution in [2.75, 3.05) is 0 Å². The molecule has 0 aliphatic rings. The Labute approximate surface area is 253 Å². The predicted molar refractivity (Wildman–Crippen MR) is 155 cm³/mol.